The molecule has 0 saturated carbocycles. The summed E-state index contributed by atoms with van der Waals surface area (Å²) < 4.78 is 5.65. The first-order chi connectivity index (χ1) is 9.52. The monoisotopic (exact) mass is 293 g/mol. The fourth-order valence-corrected chi connectivity index (χ4v) is 1.95. The molecule has 0 aliphatic rings. The molecule has 2 rings (SSSR count). The predicted octanol–water partition coefficient (Wildman–Crippen LogP) is 3.84. The lowest BCUT2D eigenvalue weighted by atomic mass is 10.1. The highest BCUT2D eigenvalue weighted by atomic mass is 35.5. The van der Waals surface area contributed by atoms with Crippen molar-refractivity contribution in [3.8, 4) is 11.5 Å². The van der Waals surface area contributed by atoms with Crippen molar-refractivity contribution in [1.29, 1.82) is 0 Å². The van der Waals surface area contributed by atoms with Gasteiger partial charge in [0.1, 0.15) is 11.5 Å². The van der Waals surface area contributed by atoms with Gasteiger partial charge in [-0.2, -0.15) is 0 Å². The molecule has 0 unspecified atom stereocenters. The van der Waals surface area contributed by atoms with Crippen LogP contribution in [0.5, 0.6) is 11.5 Å². The molecule has 5 nitrogen and oxygen atoms in total. The van der Waals surface area contributed by atoms with E-state index in [0.29, 0.717) is 27.6 Å². The van der Waals surface area contributed by atoms with Crippen LogP contribution < -0.4 is 4.74 Å². The van der Waals surface area contributed by atoms with Crippen LogP contribution in [0.3, 0.4) is 0 Å². The molecule has 0 bridgehead atoms. The maximum Gasteiger partial charge on any atom is 0.276 e. The second kappa shape index (κ2) is 5.90. The number of aliphatic hydroxyl groups excluding tert-OH is 1. The molecule has 1 N–H and O–H groups in total. The Kier molecular flexibility index (Phi) is 4.22. The van der Waals surface area contributed by atoms with Gasteiger partial charge in [0.25, 0.3) is 5.69 Å². The number of ether oxygens (including phenoxy) is 1. The van der Waals surface area contributed by atoms with E-state index in [1.165, 1.54) is 6.07 Å². The number of nitro benzene ring substituents is 1. The van der Waals surface area contributed by atoms with E-state index in [1.54, 1.807) is 37.3 Å². The molecule has 0 saturated heterocycles. The van der Waals surface area contributed by atoms with Crippen molar-refractivity contribution in [2.24, 2.45) is 0 Å². The zero-order chi connectivity index (χ0) is 14.7. The molecule has 104 valence electrons. The highest BCUT2D eigenvalue weighted by Crippen LogP contribution is 2.33. The van der Waals surface area contributed by atoms with Crippen LogP contribution in [0.25, 0.3) is 0 Å². The topological polar surface area (TPSA) is 72.6 Å². The minimum Gasteiger partial charge on any atom is -0.456 e. The Morgan fingerprint density at radius 3 is 2.70 bits per heavy atom. The molecule has 0 aliphatic heterocycles. The highest BCUT2D eigenvalue weighted by Gasteiger charge is 2.15. The normalized spacial score (nSPS) is 10.3. The minimum atomic E-state index is -0.465. The van der Waals surface area contributed by atoms with Gasteiger partial charge >= 0.3 is 0 Å². The Balaban J connectivity index is 2.42. The smallest absolute Gasteiger partial charge is 0.276 e. The van der Waals surface area contributed by atoms with Crippen LogP contribution >= 0.6 is 11.6 Å². The minimum absolute atomic E-state index is 0.0184. The summed E-state index contributed by atoms with van der Waals surface area (Å²) in [4.78, 5) is 10.4. The quantitative estimate of drug-likeness (QED) is 0.686. The van der Waals surface area contributed by atoms with E-state index in [2.05, 4.69) is 0 Å². The van der Waals surface area contributed by atoms with E-state index in [-0.39, 0.29) is 12.3 Å². The number of nitrogens with zero attached hydrogens (tertiary/aromatic N) is 1. The van der Waals surface area contributed by atoms with Crippen LogP contribution in [-0.4, -0.2) is 10.0 Å². The average molecular weight is 294 g/mol. The molecule has 2 aromatic rings. The third-order valence-corrected chi connectivity index (χ3v) is 3.11. The molecule has 0 heterocycles. The number of halogens is 1. The summed E-state index contributed by atoms with van der Waals surface area (Å²) in [5.41, 5.74) is 0.955. The summed E-state index contributed by atoms with van der Waals surface area (Å²) in [6.07, 6.45) is 0. The molecular weight excluding hydrogens is 282 g/mol. The first-order valence-electron chi connectivity index (χ1n) is 5.84. The largest absolute Gasteiger partial charge is 0.456 e. The van der Waals surface area contributed by atoms with Gasteiger partial charge in [-0.25, -0.2) is 0 Å². The maximum atomic E-state index is 10.9. The Morgan fingerprint density at radius 1 is 1.30 bits per heavy atom. The fraction of sp³-hybridized carbons (Fsp3) is 0.143. The highest BCUT2D eigenvalue weighted by molar-refractivity contribution is 6.30. The number of aliphatic hydroxyl groups is 1. The summed E-state index contributed by atoms with van der Waals surface area (Å²) in [5.74, 6) is 0.736. The number of nitro groups is 1. The maximum absolute atomic E-state index is 10.9. The lowest BCUT2D eigenvalue weighted by Crippen LogP contribution is -1.96. The van der Waals surface area contributed by atoms with Crippen LogP contribution in [0, 0.1) is 17.0 Å². The Hall–Kier alpha value is -2.11. The summed E-state index contributed by atoms with van der Waals surface area (Å²) in [5, 5.41) is 20.6. The zero-order valence-electron chi connectivity index (χ0n) is 10.7. The van der Waals surface area contributed by atoms with Crippen LogP contribution in [0.15, 0.2) is 36.4 Å². The third-order valence-electron chi connectivity index (χ3n) is 2.87. The van der Waals surface area contributed by atoms with E-state index in [4.69, 9.17) is 16.3 Å². The third kappa shape index (κ3) is 2.89. The predicted molar refractivity (Wildman–Crippen MR) is 75.3 cm³/mol. The van der Waals surface area contributed by atoms with E-state index in [9.17, 15) is 15.2 Å². The molecule has 0 atom stereocenters. The number of hydrogen-bond acceptors (Lipinski definition) is 4. The van der Waals surface area contributed by atoms with Gasteiger partial charge in [-0.15, -0.1) is 0 Å². The van der Waals surface area contributed by atoms with Crippen LogP contribution in [-0.2, 0) is 6.61 Å². The van der Waals surface area contributed by atoms with Crippen molar-refractivity contribution in [3.05, 3.63) is 62.7 Å². The summed E-state index contributed by atoms with van der Waals surface area (Å²) in [6.45, 7) is 1.40. The van der Waals surface area contributed by atoms with Gasteiger partial charge in [0.2, 0.25) is 0 Å². The molecule has 0 amide bonds. The molecule has 0 radical (unpaired) electrons. The van der Waals surface area contributed by atoms with Crippen molar-refractivity contribution in [1.82, 2.24) is 0 Å². The summed E-state index contributed by atoms with van der Waals surface area (Å²) in [7, 11) is 0. The average Bonchev–Trinajstić information content (AvgIpc) is 2.41. The summed E-state index contributed by atoms with van der Waals surface area (Å²) in [6, 6.07) is 9.43. The van der Waals surface area contributed by atoms with Crippen LogP contribution in [0.2, 0.25) is 5.02 Å². The standard InChI is InChI=1S/C14H12ClNO4/c1-9-12(16(18)19)3-2-4-13(9)20-14-7-11(15)6-5-10(14)8-17/h2-7,17H,8H2,1H3. The van der Waals surface area contributed by atoms with Crippen molar-refractivity contribution >= 4 is 17.3 Å². The number of rotatable bonds is 4. The Bertz CT molecular complexity index is 658. The van der Waals surface area contributed by atoms with Crippen molar-refractivity contribution in [2.45, 2.75) is 13.5 Å². The van der Waals surface area contributed by atoms with E-state index < -0.39 is 4.92 Å². The zero-order valence-corrected chi connectivity index (χ0v) is 11.4. The first kappa shape index (κ1) is 14.3. The first-order valence-corrected chi connectivity index (χ1v) is 6.22. The van der Waals surface area contributed by atoms with Crippen molar-refractivity contribution < 1.29 is 14.8 Å². The molecule has 0 fully saturated rings. The van der Waals surface area contributed by atoms with Crippen molar-refractivity contribution in [2.75, 3.05) is 0 Å². The van der Waals surface area contributed by atoms with Gasteiger partial charge in [-0.05, 0) is 25.1 Å². The van der Waals surface area contributed by atoms with Gasteiger partial charge in [-0.1, -0.05) is 23.7 Å². The molecule has 0 aliphatic carbocycles. The summed E-state index contributed by atoms with van der Waals surface area (Å²) >= 11 is 5.89. The lowest BCUT2D eigenvalue weighted by molar-refractivity contribution is -0.385. The van der Waals surface area contributed by atoms with E-state index >= 15 is 0 Å². The van der Waals surface area contributed by atoms with Crippen molar-refractivity contribution in [3.63, 3.8) is 0 Å². The van der Waals surface area contributed by atoms with E-state index in [0.717, 1.165) is 0 Å². The molecular formula is C14H12ClNO4. The second-order valence-electron chi connectivity index (χ2n) is 4.17. The molecule has 2 aromatic carbocycles. The number of hydrogen-bond donors (Lipinski definition) is 1. The van der Waals surface area contributed by atoms with Gasteiger partial charge in [0.15, 0.2) is 0 Å². The van der Waals surface area contributed by atoms with Gasteiger partial charge in [0.05, 0.1) is 17.1 Å². The molecule has 0 spiro atoms. The lowest BCUT2D eigenvalue weighted by Gasteiger charge is -2.12. The van der Waals surface area contributed by atoms with Gasteiger partial charge < -0.3 is 9.84 Å². The Morgan fingerprint density at radius 2 is 2.05 bits per heavy atom. The van der Waals surface area contributed by atoms with Gasteiger partial charge in [0, 0.05) is 16.7 Å². The SMILES string of the molecule is Cc1c(Oc2cc(Cl)ccc2CO)cccc1[N+](=O)[O-]. The molecule has 0 aromatic heterocycles. The fourth-order valence-electron chi connectivity index (χ4n) is 1.78. The number of benzene rings is 2. The van der Waals surface area contributed by atoms with E-state index in [1.807, 2.05) is 0 Å². The van der Waals surface area contributed by atoms with Gasteiger partial charge in [-0.3, -0.25) is 10.1 Å². The van der Waals surface area contributed by atoms with Crippen LogP contribution in [0.1, 0.15) is 11.1 Å². The van der Waals surface area contributed by atoms with Crippen LogP contribution in [0.4, 0.5) is 5.69 Å². The Labute approximate surface area is 120 Å². The molecule has 6 heteroatoms. The second-order valence-corrected chi connectivity index (χ2v) is 4.61. The molecule has 20 heavy (non-hydrogen) atoms.